The summed E-state index contributed by atoms with van der Waals surface area (Å²) in [6.07, 6.45) is 0.848. The van der Waals surface area contributed by atoms with Gasteiger partial charge in [-0.3, -0.25) is 4.98 Å². The second-order valence-corrected chi connectivity index (χ2v) is 10.4. The van der Waals surface area contributed by atoms with Crippen LogP contribution in [0.3, 0.4) is 0 Å². The van der Waals surface area contributed by atoms with Crippen molar-refractivity contribution in [2.75, 3.05) is 18.4 Å². The predicted octanol–water partition coefficient (Wildman–Crippen LogP) is 5.63. The second kappa shape index (κ2) is 9.47. The molecule has 1 saturated heterocycles. The molecule has 5 rings (SSSR count). The Balaban J connectivity index is 1.42. The van der Waals surface area contributed by atoms with Crippen molar-refractivity contribution in [3.05, 3.63) is 72.7 Å². The molecule has 0 aliphatic carbocycles. The Bertz CT molecular complexity index is 1500. The van der Waals surface area contributed by atoms with Gasteiger partial charge in [0.15, 0.2) is 0 Å². The molecule has 0 spiro atoms. The number of rotatable bonds is 5. The molecule has 0 saturated carbocycles. The highest BCUT2D eigenvalue weighted by molar-refractivity contribution is 7.89. The van der Waals surface area contributed by atoms with Crippen LogP contribution in [-0.4, -0.2) is 40.8 Å². The van der Waals surface area contributed by atoms with Gasteiger partial charge in [0.25, 0.3) is 0 Å². The van der Waals surface area contributed by atoms with Crippen LogP contribution >= 0.6 is 0 Å². The van der Waals surface area contributed by atoms with Gasteiger partial charge >= 0.3 is 6.18 Å². The van der Waals surface area contributed by atoms with E-state index in [-0.39, 0.29) is 16.2 Å². The number of sulfonamides is 1. The van der Waals surface area contributed by atoms with E-state index in [2.05, 4.69) is 20.3 Å². The zero-order valence-corrected chi connectivity index (χ0v) is 19.9. The number of hydrogen-bond donors (Lipinski definition) is 1. The van der Waals surface area contributed by atoms with Crippen LogP contribution in [0.25, 0.3) is 22.2 Å². The molecule has 1 N–H and O–H groups in total. The Hall–Kier alpha value is -3.57. The van der Waals surface area contributed by atoms with Crippen LogP contribution in [0, 0.1) is 0 Å². The minimum atomic E-state index is -4.54. The minimum absolute atomic E-state index is 0.175. The maximum absolute atomic E-state index is 13.4. The molecule has 0 radical (unpaired) electrons. The lowest BCUT2D eigenvalue weighted by molar-refractivity contribution is -0.137. The summed E-state index contributed by atoms with van der Waals surface area (Å²) in [4.78, 5) is 12.6. The lowest BCUT2D eigenvalue weighted by Gasteiger charge is -2.25. The highest BCUT2D eigenvalue weighted by Gasteiger charge is 2.34. The summed E-state index contributed by atoms with van der Waals surface area (Å²) < 4.78 is 67.6. The number of aromatic nitrogens is 3. The molecule has 0 unspecified atom stereocenters. The van der Waals surface area contributed by atoms with Crippen molar-refractivity contribution in [2.45, 2.75) is 30.3 Å². The number of benzene rings is 2. The van der Waals surface area contributed by atoms with Crippen molar-refractivity contribution >= 4 is 32.4 Å². The number of nitrogens with one attached hydrogen (secondary N) is 1. The van der Waals surface area contributed by atoms with E-state index in [4.69, 9.17) is 0 Å². The van der Waals surface area contributed by atoms with Gasteiger partial charge in [0.05, 0.1) is 21.7 Å². The maximum Gasteiger partial charge on any atom is 0.418 e. The number of piperidine rings is 1. The van der Waals surface area contributed by atoms with Crippen molar-refractivity contribution in [1.29, 1.82) is 0 Å². The molecule has 4 aromatic rings. The fourth-order valence-corrected chi connectivity index (χ4v) is 5.79. The van der Waals surface area contributed by atoms with Crippen LogP contribution in [0.15, 0.2) is 72.0 Å². The SMILES string of the molecule is O=S(=O)(c1ccc(Nc2ncnc3cc(-c4ncccc4C(F)(F)F)ccc23)cc1)N1CCCCC1. The van der Waals surface area contributed by atoms with Crippen molar-refractivity contribution in [3.63, 3.8) is 0 Å². The molecule has 3 heterocycles. The Kier molecular flexibility index (Phi) is 6.35. The normalized spacial score (nSPS) is 15.2. The molecule has 1 aliphatic rings. The molecule has 7 nitrogen and oxygen atoms in total. The van der Waals surface area contributed by atoms with Crippen molar-refractivity contribution < 1.29 is 21.6 Å². The molecule has 11 heteroatoms. The molecule has 0 atom stereocenters. The van der Waals surface area contributed by atoms with Crippen LogP contribution < -0.4 is 5.32 Å². The van der Waals surface area contributed by atoms with E-state index in [1.54, 1.807) is 36.4 Å². The average molecular weight is 514 g/mol. The van der Waals surface area contributed by atoms with Crippen molar-refractivity contribution in [2.24, 2.45) is 0 Å². The maximum atomic E-state index is 13.4. The largest absolute Gasteiger partial charge is 0.418 e. The van der Waals surface area contributed by atoms with E-state index < -0.39 is 21.8 Å². The van der Waals surface area contributed by atoms with Gasteiger partial charge in [0.1, 0.15) is 12.1 Å². The lowest BCUT2D eigenvalue weighted by Crippen LogP contribution is -2.35. The van der Waals surface area contributed by atoms with Gasteiger partial charge in [-0.2, -0.15) is 17.5 Å². The van der Waals surface area contributed by atoms with Crippen LogP contribution in [0.1, 0.15) is 24.8 Å². The Labute approximate surface area is 206 Å². The van der Waals surface area contributed by atoms with Crippen LogP contribution in [0.4, 0.5) is 24.7 Å². The molecule has 36 heavy (non-hydrogen) atoms. The first-order valence-electron chi connectivity index (χ1n) is 11.4. The number of alkyl halides is 3. The summed E-state index contributed by atoms with van der Waals surface area (Å²) in [6, 6.07) is 13.4. The summed E-state index contributed by atoms with van der Waals surface area (Å²) in [5.74, 6) is 0.440. The molecule has 2 aromatic heterocycles. The fourth-order valence-electron chi connectivity index (χ4n) is 4.27. The molecule has 1 aliphatic heterocycles. The average Bonchev–Trinajstić information content (AvgIpc) is 2.89. The van der Waals surface area contributed by atoms with Crippen molar-refractivity contribution in [1.82, 2.24) is 19.3 Å². The molecular weight excluding hydrogens is 491 g/mol. The summed E-state index contributed by atoms with van der Waals surface area (Å²) in [7, 11) is -3.54. The van der Waals surface area contributed by atoms with Gasteiger partial charge in [-0.15, -0.1) is 0 Å². The quantitative estimate of drug-likeness (QED) is 0.372. The van der Waals surface area contributed by atoms with Crippen molar-refractivity contribution in [3.8, 4) is 11.3 Å². The Morgan fingerprint density at radius 3 is 2.36 bits per heavy atom. The molecular formula is C25H22F3N5O2S. The third-order valence-electron chi connectivity index (χ3n) is 6.09. The van der Waals surface area contributed by atoms with Crippen LogP contribution in [0.5, 0.6) is 0 Å². The van der Waals surface area contributed by atoms with Gasteiger partial charge in [-0.05, 0) is 61.4 Å². The van der Waals surface area contributed by atoms with Crippen LogP contribution in [0.2, 0.25) is 0 Å². The van der Waals surface area contributed by atoms with E-state index in [0.717, 1.165) is 25.3 Å². The first-order valence-corrected chi connectivity index (χ1v) is 12.8. The number of nitrogens with zero attached hydrogens (tertiary/aromatic N) is 4. The second-order valence-electron chi connectivity index (χ2n) is 8.47. The molecule has 186 valence electrons. The van der Waals surface area contributed by atoms with E-state index in [1.165, 1.54) is 29.0 Å². The third kappa shape index (κ3) is 4.76. The number of fused-ring (bicyclic) bond motifs is 1. The highest BCUT2D eigenvalue weighted by atomic mass is 32.2. The molecule has 2 aromatic carbocycles. The number of halogens is 3. The topological polar surface area (TPSA) is 88.1 Å². The standard InChI is InChI=1S/C25H22F3N5O2S/c26-25(27,28)21-5-4-12-29-23(21)17-6-11-20-22(15-17)30-16-31-24(20)32-18-7-9-19(10-8-18)36(34,35)33-13-2-1-3-14-33/h4-12,15-16H,1-3,13-14H2,(H,30,31,32). The summed E-state index contributed by atoms with van der Waals surface area (Å²) >= 11 is 0. The lowest BCUT2D eigenvalue weighted by atomic mass is 10.0. The van der Waals surface area contributed by atoms with E-state index in [0.29, 0.717) is 35.5 Å². The number of anilines is 2. The third-order valence-corrected chi connectivity index (χ3v) is 8.01. The Morgan fingerprint density at radius 2 is 1.64 bits per heavy atom. The number of hydrogen-bond acceptors (Lipinski definition) is 6. The summed E-state index contributed by atoms with van der Waals surface area (Å²) in [6.45, 7) is 1.06. The molecule has 0 bridgehead atoms. The summed E-state index contributed by atoms with van der Waals surface area (Å²) in [5, 5.41) is 3.74. The smallest absolute Gasteiger partial charge is 0.340 e. The van der Waals surface area contributed by atoms with E-state index in [1.807, 2.05) is 0 Å². The first-order chi connectivity index (χ1) is 17.2. The van der Waals surface area contributed by atoms with Gasteiger partial charge in [0, 0.05) is 35.9 Å². The van der Waals surface area contributed by atoms with Gasteiger partial charge in [-0.25, -0.2) is 18.4 Å². The van der Waals surface area contributed by atoms with Gasteiger partial charge in [0.2, 0.25) is 10.0 Å². The highest BCUT2D eigenvalue weighted by Crippen LogP contribution is 2.37. The Morgan fingerprint density at radius 1 is 0.889 bits per heavy atom. The molecule has 1 fully saturated rings. The van der Waals surface area contributed by atoms with Crippen LogP contribution in [-0.2, 0) is 16.2 Å². The van der Waals surface area contributed by atoms with Gasteiger partial charge < -0.3 is 5.32 Å². The van der Waals surface area contributed by atoms with Gasteiger partial charge in [-0.1, -0.05) is 12.5 Å². The zero-order valence-electron chi connectivity index (χ0n) is 19.0. The molecule has 0 amide bonds. The number of pyridine rings is 1. The zero-order chi connectivity index (χ0) is 25.3. The fraction of sp³-hybridized carbons (Fsp3) is 0.240. The summed E-state index contributed by atoms with van der Waals surface area (Å²) in [5.41, 5.74) is 0.336. The van der Waals surface area contributed by atoms with E-state index >= 15 is 0 Å². The van der Waals surface area contributed by atoms with E-state index in [9.17, 15) is 21.6 Å². The minimum Gasteiger partial charge on any atom is -0.340 e. The monoisotopic (exact) mass is 513 g/mol. The first kappa shape index (κ1) is 24.1. The predicted molar refractivity (Wildman–Crippen MR) is 130 cm³/mol.